The molecular formula is C13H21N3OS. The van der Waals surface area contributed by atoms with Crippen LogP contribution >= 0.6 is 11.3 Å². The molecule has 1 aromatic rings. The molecule has 100 valence electrons. The second-order valence-electron chi connectivity index (χ2n) is 4.96. The van der Waals surface area contributed by atoms with Crippen LogP contribution in [0.5, 0.6) is 0 Å². The third-order valence-electron chi connectivity index (χ3n) is 3.63. The van der Waals surface area contributed by atoms with Crippen LogP contribution in [0.1, 0.15) is 46.8 Å². The van der Waals surface area contributed by atoms with Crippen LogP contribution in [0.25, 0.3) is 0 Å². The highest BCUT2D eigenvalue weighted by Gasteiger charge is 2.24. The van der Waals surface area contributed by atoms with Gasteiger partial charge < -0.3 is 11.1 Å². The zero-order chi connectivity index (χ0) is 13.0. The number of hydrogen-bond donors (Lipinski definition) is 2. The maximum Gasteiger partial charge on any atom is 0.263 e. The third-order valence-corrected chi connectivity index (χ3v) is 4.55. The molecule has 0 bridgehead atoms. The summed E-state index contributed by atoms with van der Waals surface area (Å²) in [5.41, 5.74) is 5.81. The number of nitrogens with two attached hydrogens (primary N) is 1. The van der Waals surface area contributed by atoms with Crippen molar-refractivity contribution in [3.05, 3.63) is 16.1 Å². The first kappa shape index (κ1) is 13.5. The Morgan fingerprint density at radius 2 is 2.28 bits per heavy atom. The Labute approximate surface area is 112 Å². The second-order valence-corrected chi connectivity index (χ2v) is 6.19. The molecule has 1 aromatic heterocycles. The molecule has 0 aromatic carbocycles. The zero-order valence-corrected chi connectivity index (χ0v) is 11.6. The molecule has 1 fully saturated rings. The van der Waals surface area contributed by atoms with E-state index < -0.39 is 0 Å². The number of rotatable bonds is 4. The smallest absolute Gasteiger partial charge is 0.263 e. The first-order chi connectivity index (χ1) is 8.70. The zero-order valence-electron chi connectivity index (χ0n) is 10.8. The lowest BCUT2D eigenvalue weighted by Gasteiger charge is -2.29. The van der Waals surface area contributed by atoms with Gasteiger partial charge in [-0.25, -0.2) is 4.98 Å². The quantitative estimate of drug-likeness (QED) is 0.877. The number of nitrogens with zero attached hydrogens (tertiary/aromatic N) is 1. The van der Waals surface area contributed by atoms with Gasteiger partial charge in [0.05, 0.1) is 11.2 Å². The minimum Gasteiger partial charge on any atom is -0.347 e. The van der Waals surface area contributed by atoms with E-state index in [1.54, 1.807) is 6.20 Å². The molecular weight excluding hydrogens is 246 g/mol. The van der Waals surface area contributed by atoms with Crippen molar-refractivity contribution in [2.75, 3.05) is 6.54 Å². The fraction of sp³-hybridized carbons (Fsp3) is 0.692. The van der Waals surface area contributed by atoms with E-state index >= 15 is 0 Å². The fourth-order valence-corrected chi connectivity index (χ4v) is 3.29. The van der Waals surface area contributed by atoms with Gasteiger partial charge in [0, 0.05) is 12.6 Å². The van der Waals surface area contributed by atoms with Crippen molar-refractivity contribution in [3.63, 3.8) is 0 Å². The van der Waals surface area contributed by atoms with Gasteiger partial charge in [-0.3, -0.25) is 4.79 Å². The highest BCUT2D eigenvalue weighted by Crippen LogP contribution is 2.26. The molecule has 1 aliphatic carbocycles. The van der Waals surface area contributed by atoms with Crippen LogP contribution in [-0.4, -0.2) is 23.5 Å². The van der Waals surface area contributed by atoms with E-state index in [2.05, 4.69) is 10.3 Å². The summed E-state index contributed by atoms with van der Waals surface area (Å²) in [6.07, 6.45) is 7.85. The third kappa shape index (κ3) is 3.29. The molecule has 4 nitrogen and oxygen atoms in total. The summed E-state index contributed by atoms with van der Waals surface area (Å²) in [4.78, 5) is 16.9. The van der Waals surface area contributed by atoms with Gasteiger partial charge >= 0.3 is 0 Å². The van der Waals surface area contributed by atoms with Gasteiger partial charge in [-0.05, 0) is 25.7 Å². The standard InChI is InChI=1S/C13H21N3OS/c1-9-15-8-12(18-9)13(17)16-11(7-14)10-5-3-2-4-6-10/h8,10-11H,2-7,14H2,1H3,(H,16,17). The topological polar surface area (TPSA) is 68.0 Å². The lowest BCUT2D eigenvalue weighted by Crippen LogP contribution is -2.45. The van der Waals surface area contributed by atoms with E-state index in [1.807, 2.05) is 6.92 Å². The summed E-state index contributed by atoms with van der Waals surface area (Å²) >= 11 is 1.43. The van der Waals surface area contributed by atoms with Crippen molar-refractivity contribution >= 4 is 17.2 Å². The van der Waals surface area contributed by atoms with E-state index in [-0.39, 0.29) is 11.9 Å². The average Bonchev–Trinajstić information content (AvgIpc) is 2.83. The van der Waals surface area contributed by atoms with Gasteiger partial charge in [-0.1, -0.05) is 19.3 Å². The van der Waals surface area contributed by atoms with Crippen LogP contribution in [-0.2, 0) is 0 Å². The Hall–Kier alpha value is -0.940. The summed E-state index contributed by atoms with van der Waals surface area (Å²) in [6, 6.07) is 0.111. The fourth-order valence-electron chi connectivity index (χ4n) is 2.61. The summed E-state index contributed by atoms with van der Waals surface area (Å²) in [5, 5.41) is 3.99. The van der Waals surface area contributed by atoms with Crippen molar-refractivity contribution in [1.82, 2.24) is 10.3 Å². The van der Waals surface area contributed by atoms with Gasteiger partial charge in [-0.15, -0.1) is 11.3 Å². The summed E-state index contributed by atoms with van der Waals surface area (Å²) in [6.45, 7) is 2.43. The maximum absolute atomic E-state index is 12.1. The van der Waals surface area contributed by atoms with Crippen LogP contribution < -0.4 is 11.1 Å². The molecule has 1 saturated carbocycles. The maximum atomic E-state index is 12.1. The van der Waals surface area contributed by atoms with Crippen LogP contribution in [0, 0.1) is 12.8 Å². The number of hydrogen-bond acceptors (Lipinski definition) is 4. The molecule has 1 heterocycles. The van der Waals surface area contributed by atoms with E-state index in [4.69, 9.17) is 5.73 Å². The SMILES string of the molecule is Cc1ncc(C(=O)NC(CN)C2CCCCC2)s1. The van der Waals surface area contributed by atoms with Crippen LogP contribution in [0.15, 0.2) is 6.20 Å². The van der Waals surface area contributed by atoms with E-state index in [1.165, 1.54) is 43.4 Å². The molecule has 1 atom stereocenters. The van der Waals surface area contributed by atoms with Crippen LogP contribution in [0.4, 0.5) is 0 Å². The highest BCUT2D eigenvalue weighted by molar-refractivity contribution is 7.13. The van der Waals surface area contributed by atoms with E-state index in [9.17, 15) is 4.79 Å². The molecule has 18 heavy (non-hydrogen) atoms. The van der Waals surface area contributed by atoms with Gasteiger partial charge in [0.25, 0.3) is 5.91 Å². The Kier molecular flexibility index (Phi) is 4.72. The van der Waals surface area contributed by atoms with E-state index in [0.29, 0.717) is 17.3 Å². The van der Waals surface area contributed by atoms with Crippen molar-refractivity contribution in [2.45, 2.75) is 45.1 Å². The molecule has 1 unspecified atom stereocenters. The summed E-state index contributed by atoms with van der Waals surface area (Å²) in [5.74, 6) is 0.517. The molecule has 5 heteroatoms. The molecule has 1 aliphatic rings. The normalized spacial score (nSPS) is 18.6. The summed E-state index contributed by atoms with van der Waals surface area (Å²) < 4.78 is 0. The Morgan fingerprint density at radius 3 is 2.83 bits per heavy atom. The number of aryl methyl sites for hydroxylation is 1. The van der Waals surface area contributed by atoms with Crippen molar-refractivity contribution in [3.8, 4) is 0 Å². The van der Waals surface area contributed by atoms with Gasteiger partial charge in [0.2, 0.25) is 0 Å². The minimum absolute atomic E-state index is 0.0263. The number of thiazole rings is 1. The molecule has 0 radical (unpaired) electrons. The molecule has 0 saturated heterocycles. The average molecular weight is 267 g/mol. The van der Waals surface area contributed by atoms with Crippen molar-refractivity contribution < 1.29 is 4.79 Å². The lowest BCUT2D eigenvalue weighted by molar-refractivity contribution is 0.0919. The number of carbonyl (C=O) groups is 1. The molecule has 2 rings (SSSR count). The first-order valence-corrected chi connectivity index (χ1v) is 7.45. The second kappa shape index (κ2) is 6.29. The number of aromatic nitrogens is 1. The van der Waals surface area contributed by atoms with Crippen molar-refractivity contribution in [2.24, 2.45) is 11.7 Å². The largest absolute Gasteiger partial charge is 0.347 e. The number of carbonyl (C=O) groups excluding carboxylic acids is 1. The van der Waals surface area contributed by atoms with E-state index in [0.717, 1.165) is 5.01 Å². The highest BCUT2D eigenvalue weighted by atomic mass is 32.1. The minimum atomic E-state index is -0.0263. The molecule has 0 spiro atoms. The summed E-state index contributed by atoms with van der Waals surface area (Å²) in [7, 11) is 0. The molecule has 1 amide bonds. The first-order valence-electron chi connectivity index (χ1n) is 6.64. The van der Waals surface area contributed by atoms with Crippen molar-refractivity contribution in [1.29, 1.82) is 0 Å². The predicted molar refractivity (Wildman–Crippen MR) is 73.7 cm³/mol. The Morgan fingerprint density at radius 1 is 1.56 bits per heavy atom. The van der Waals surface area contributed by atoms with Crippen LogP contribution in [0.3, 0.4) is 0 Å². The monoisotopic (exact) mass is 267 g/mol. The Bertz CT molecular complexity index is 399. The lowest BCUT2D eigenvalue weighted by atomic mass is 9.84. The van der Waals surface area contributed by atoms with Crippen LogP contribution in [0.2, 0.25) is 0 Å². The van der Waals surface area contributed by atoms with Gasteiger partial charge in [0.15, 0.2) is 0 Å². The Balaban J connectivity index is 1.95. The predicted octanol–water partition coefficient (Wildman–Crippen LogP) is 2.09. The van der Waals surface area contributed by atoms with Gasteiger partial charge in [-0.2, -0.15) is 0 Å². The number of nitrogens with one attached hydrogen (secondary N) is 1. The molecule has 3 N–H and O–H groups in total. The van der Waals surface area contributed by atoms with Gasteiger partial charge in [0.1, 0.15) is 4.88 Å². The molecule has 0 aliphatic heterocycles. The number of amides is 1.